The zero-order valence-electron chi connectivity index (χ0n) is 18.5. The number of carbonyl (C=O) groups is 1. The number of hydrogen-bond donors (Lipinski definition) is 0. The molecule has 7 heteroatoms. The van der Waals surface area contributed by atoms with Crippen LogP contribution >= 0.6 is 23.2 Å². The highest BCUT2D eigenvalue weighted by Crippen LogP contribution is 2.39. The zero-order chi connectivity index (χ0) is 22.9. The van der Waals surface area contributed by atoms with Crippen LogP contribution in [-0.4, -0.2) is 39.4 Å². The number of carbonyl (C=O) groups excluding carboxylic acids is 1. The summed E-state index contributed by atoms with van der Waals surface area (Å²) < 4.78 is 1.83. The van der Waals surface area contributed by atoms with Crippen molar-refractivity contribution in [1.29, 1.82) is 0 Å². The number of likely N-dealkylation sites (tertiary alicyclic amines) is 1. The van der Waals surface area contributed by atoms with Crippen molar-refractivity contribution in [1.82, 2.24) is 14.7 Å². The lowest BCUT2D eigenvalue weighted by atomic mass is 9.85. The largest absolute Gasteiger partial charge is 0.342 e. The van der Waals surface area contributed by atoms with Crippen LogP contribution in [0.2, 0.25) is 10.0 Å². The lowest BCUT2D eigenvalue weighted by molar-refractivity contribution is -0.135. The van der Waals surface area contributed by atoms with E-state index in [1.807, 2.05) is 40.8 Å². The molecule has 0 N–H and O–H groups in total. The molecule has 0 saturated carbocycles. The Morgan fingerprint density at radius 1 is 1.03 bits per heavy atom. The Balaban J connectivity index is 1.37. The van der Waals surface area contributed by atoms with Gasteiger partial charge in [-0.05, 0) is 55.4 Å². The van der Waals surface area contributed by atoms with E-state index in [2.05, 4.69) is 29.4 Å². The third kappa shape index (κ3) is 4.44. The average Bonchev–Trinajstić information content (AvgIpc) is 3.29. The van der Waals surface area contributed by atoms with Crippen LogP contribution in [0.25, 0.3) is 0 Å². The summed E-state index contributed by atoms with van der Waals surface area (Å²) in [7, 11) is 0. The molecule has 170 valence electrons. The maximum Gasteiger partial charge on any atom is 0.233 e. The van der Waals surface area contributed by atoms with Gasteiger partial charge in [-0.2, -0.15) is 5.10 Å². The zero-order valence-corrected chi connectivity index (χ0v) is 20.0. The molecule has 1 aromatic heterocycles. The van der Waals surface area contributed by atoms with Crippen molar-refractivity contribution < 1.29 is 4.79 Å². The van der Waals surface area contributed by atoms with Gasteiger partial charge in [0.1, 0.15) is 5.92 Å². The first kappa shape index (κ1) is 22.2. The van der Waals surface area contributed by atoms with Crippen LogP contribution in [0.3, 0.4) is 0 Å². The molecule has 1 saturated heterocycles. The van der Waals surface area contributed by atoms with Crippen molar-refractivity contribution in [3.63, 3.8) is 0 Å². The van der Waals surface area contributed by atoms with E-state index in [-0.39, 0.29) is 11.9 Å². The van der Waals surface area contributed by atoms with Crippen molar-refractivity contribution in [3.05, 3.63) is 82.0 Å². The third-order valence-corrected chi connectivity index (χ3v) is 7.55. The monoisotopic (exact) mass is 480 g/mol. The lowest BCUT2D eigenvalue weighted by Crippen LogP contribution is -2.47. The summed E-state index contributed by atoms with van der Waals surface area (Å²) in [6.07, 6.45) is 4.80. The molecule has 0 spiro atoms. The molecule has 0 radical (unpaired) electrons. The van der Waals surface area contributed by atoms with Crippen LogP contribution in [0, 0.1) is 11.8 Å². The first-order valence-corrected chi connectivity index (χ1v) is 12.1. The number of aromatic nitrogens is 2. The van der Waals surface area contributed by atoms with Gasteiger partial charge in [0.25, 0.3) is 0 Å². The number of fused-ring (bicyclic) bond motifs is 1. The Hall–Kier alpha value is -2.63. The fourth-order valence-electron chi connectivity index (χ4n) is 5.08. The predicted octanol–water partition coefficient (Wildman–Crippen LogP) is 5.98. The topological polar surface area (TPSA) is 50.5 Å². The van der Waals surface area contributed by atoms with Crippen LogP contribution in [0.15, 0.2) is 65.8 Å². The molecule has 1 fully saturated rings. The van der Waals surface area contributed by atoms with E-state index in [0.29, 0.717) is 16.0 Å². The van der Waals surface area contributed by atoms with Crippen LogP contribution in [0.5, 0.6) is 0 Å². The van der Waals surface area contributed by atoms with Crippen molar-refractivity contribution in [3.8, 4) is 0 Å². The number of rotatable bonds is 4. The molecule has 2 unspecified atom stereocenters. The molecule has 2 aliphatic rings. The van der Waals surface area contributed by atoms with E-state index in [4.69, 9.17) is 28.2 Å². The number of amides is 1. The average molecular weight is 481 g/mol. The minimum absolute atomic E-state index is 0.103. The highest BCUT2D eigenvalue weighted by Gasteiger charge is 2.41. The van der Waals surface area contributed by atoms with E-state index in [1.165, 1.54) is 5.56 Å². The SMILES string of the molecule is CC1=Nc2ccnn2C(c2ccc(Cl)c(Cl)c2)C1C(=O)N1CCC(Cc2ccccc2)CC1. The summed E-state index contributed by atoms with van der Waals surface area (Å²) in [4.78, 5) is 20.5. The molecule has 33 heavy (non-hydrogen) atoms. The third-order valence-electron chi connectivity index (χ3n) is 6.81. The maximum atomic E-state index is 13.8. The van der Waals surface area contributed by atoms with Crippen LogP contribution in [0.1, 0.15) is 36.9 Å². The van der Waals surface area contributed by atoms with Gasteiger partial charge < -0.3 is 4.90 Å². The molecule has 5 rings (SSSR count). The minimum atomic E-state index is -0.430. The molecular formula is C26H26Cl2N4O. The number of hydrogen-bond acceptors (Lipinski definition) is 3. The van der Waals surface area contributed by atoms with Crippen molar-refractivity contribution >= 4 is 40.6 Å². The second kappa shape index (κ2) is 9.32. The Bertz CT molecular complexity index is 1180. The normalized spacial score (nSPS) is 20.9. The van der Waals surface area contributed by atoms with Gasteiger partial charge in [-0.25, -0.2) is 9.67 Å². The molecule has 3 heterocycles. The number of piperidine rings is 1. The van der Waals surface area contributed by atoms with Gasteiger partial charge in [-0.3, -0.25) is 4.79 Å². The summed E-state index contributed by atoms with van der Waals surface area (Å²) in [6.45, 7) is 3.46. The van der Waals surface area contributed by atoms with Gasteiger partial charge in [0.05, 0.1) is 22.3 Å². The first-order valence-electron chi connectivity index (χ1n) is 11.4. The summed E-state index contributed by atoms with van der Waals surface area (Å²) >= 11 is 12.5. The van der Waals surface area contributed by atoms with Crippen molar-refractivity contribution in [2.45, 2.75) is 32.2 Å². The number of halogens is 2. The number of aliphatic imine (C=N–C) groups is 1. The molecule has 1 amide bonds. The van der Waals surface area contributed by atoms with Gasteiger partial charge in [0, 0.05) is 24.9 Å². The van der Waals surface area contributed by atoms with Crippen molar-refractivity contribution in [2.24, 2.45) is 16.8 Å². The molecule has 2 aliphatic heterocycles. The molecular weight excluding hydrogens is 455 g/mol. The Morgan fingerprint density at radius 3 is 2.52 bits per heavy atom. The highest BCUT2D eigenvalue weighted by molar-refractivity contribution is 6.42. The van der Waals surface area contributed by atoms with Gasteiger partial charge in [-0.1, -0.05) is 59.6 Å². The molecule has 3 aromatic rings. The van der Waals surface area contributed by atoms with Crippen LogP contribution < -0.4 is 0 Å². The fraction of sp³-hybridized carbons (Fsp3) is 0.346. The highest BCUT2D eigenvalue weighted by atomic mass is 35.5. The summed E-state index contributed by atoms with van der Waals surface area (Å²) in [5.74, 6) is 1.02. The summed E-state index contributed by atoms with van der Waals surface area (Å²) in [6, 6.07) is 17.7. The van der Waals surface area contributed by atoms with E-state index in [1.54, 1.807) is 12.3 Å². The predicted molar refractivity (Wildman–Crippen MR) is 133 cm³/mol. The van der Waals surface area contributed by atoms with Crippen LogP contribution in [0.4, 0.5) is 5.82 Å². The Labute approximate surface area is 204 Å². The van der Waals surface area contributed by atoms with Crippen molar-refractivity contribution in [2.75, 3.05) is 13.1 Å². The van der Waals surface area contributed by atoms with E-state index in [0.717, 1.165) is 49.4 Å². The van der Waals surface area contributed by atoms with E-state index in [9.17, 15) is 4.79 Å². The van der Waals surface area contributed by atoms with E-state index < -0.39 is 5.92 Å². The van der Waals surface area contributed by atoms with E-state index >= 15 is 0 Å². The summed E-state index contributed by atoms with van der Waals surface area (Å²) in [5, 5.41) is 5.46. The Morgan fingerprint density at radius 2 is 1.79 bits per heavy atom. The first-order chi connectivity index (χ1) is 16.0. The fourth-order valence-corrected chi connectivity index (χ4v) is 5.38. The lowest BCUT2D eigenvalue weighted by Gasteiger charge is -2.38. The molecule has 0 bridgehead atoms. The molecule has 5 nitrogen and oxygen atoms in total. The molecule has 2 aromatic carbocycles. The van der Waals surface area contributed by atoms with Gasteiger partial charge >= 0.3 is 0 Å². The standard InChI is InChI=1S/C26H26Cl2N4O/c1-17-24(26(33)31-13-10-19(11-14-31)15-18-5-3-2-4-6-18)25(32-23(30-17)9-12-29-32)20-7-8-21(27)22(28)16-20/h2-9,12,16,19,24-25H,10-11,13-15H2,1H3. The molecule has 0 aliphatic carbocycles. The quantitative estimate of drug-likeness (QED) is 0.460. The number of benzene rings is 2. The van der Waals surface area contributed by atoms with Gasteiger partial charge in [0.2, 0.25) is 5.91 Å². The smallest absolute Gasteiger partial charge is 0.233 e. The molecule has 2 atom stereocenters. The maximum absolute atomic E-state index is 13.8. The second-order valence-electron chi connectivity index (χ2n) is 8.94. The van der Waals surface area contributed by atoms with Gasteiger partial charge in [-0.15, -0.1) is 0 Å². The Kier molecular flexibility index (Phi) is 6.26. The summed E-state index contributed by atoms with van der Waals surface area (Å²) in [5.41, 5.74) is 3.07. The minimum Gasteiger partial charge on any atom is -0.342 e. The number of nitrogens with zero attached hydrogens (tertiary/aromatic N) is 4. The second-order valence-corrected chi connectivity index (χ2v) is 9.76. The van der Waals surface area contributed by atoms with Gasteiger partial charge in [0.15, 0.2) is 5.82 Å². The van der Waals surface area contributed by atoms with Crippen LogP contribution in [-0.2, 0) is 11.2 Å².